The van der Waals surface area contributed by atoms with Crippen molar-refractivity contribution in [2.45, 2.75) is 44.8 Å². The van der Waals surface area contributed by atoms with Crippen LogP contribution in [0, 0.1) is 0 Å². The van der Waals surface area contributed by atoms with Crippen LogP contribution in [0.15, 0.2) is 53.0 Å². The minimum Gasteiger partial charge on any atom is -0.490 e. The molecule has 8 heteroatoms. The molecule has 1 fully saturated rings. The van der Waals surface area contributed by atoms with Gasteiger partial charge in [0, 0.05) is 4.47 Å². The number of rotatable bonds is 9. The van der Waals surface area contributed by atoms with Gasteiger partial charge in [-0.25, -0.2) is 13.1 Å². The summed E-state index contributed by atoms with van der Waals surface area (Å²) in [5, 5.41) is 0. The zero-order valence-corrected chi connectivity index (χ0v) is 19.1. The summed E-state index contributed by atoms with van der Waals surface area (Å²) >= 11 is 3.39. The molecule has 1 aliphatic carbocycles. The fraction of sp³-hybridized carbons (Fsp3) is 0.409. The van der Waals surface area contributed by atoms with Crippen LogP contribution in [-0.2, 0) is 21.4 Å². The van der Waals surface area contributed by atoms with Crippen LogP contribution >= 0.6 is 15.9 Å². The Labute approximate surface area is 186 Å². The van der Waals surface area contributed by atoms with Gasteiger partial charge in [-0.2, -0.15) is 0 Å². The van der Waals surface area contributed by atoms with Gasteiger partial charge in [0.15, 0.2) is 0 Å². The average molecular weight is 496 g/mol. The lowest BCUT2D eigenvalue weighted by Gasteiger charge is -2.24. The summed E-state index contributed by atoms with van der Waals surface area (Å²) < 4.78 is 39.0. The fourth-order valence-electron chi connectivity index (χ4n) is 3.32. The van der Waals surface area contributed by atoms with Gasteiger partial charge < -0.3 is 9.47 Å². The fourth-order valence-corrected chi connectivity index (χ4v) is 4.50. The summed E-state index contributed by atoms with van der Waals surface area (Å²) in [6.45, 7) is 0.305. The Bertz CT molecular complexity index is 943. The quantitative estimate of drug-likeness (QED) is 0.520. The molecule has 1 amide bonds. The number of carbonyl (C=O) groups is 1. The largest absolute Gasteiger partial charge is 0.490 e. The van der Waals surface area contributed by atoms with Crippen LogP contribution < -0.4 is 9.46 Å². The number of nitrogens with one attached hydrogen (secondary N) is 1. The molecule has 30 heavy (non-hydrogen) atoms. The van der Waals surface area contributed by atoms with E-state index in [4.69, 9.17) is 9.47 Å². The van der Waals surface area contributed by atoms with Gasteiger partial charge in [-0.1, -0.05) is 52.7 Å². The van der Waals surface area contributed by atoms with Gasteiger partial charge in [0.1, 0.15) is 5.75 Å². The molecule has 0 aliphatic heterocycles. The van der Waals surface area contributed by atoms with Gasteiger partial charge in [-0.3, -0.25) is 4.79 Å². The summed E-state index contributed by atoms with van der Waals surface area (Å²) in [5.41, 5.74) is 1.16. The lowest BCUT2D eigenvalue weighted by atomic mass is 9.97. The third-order valence-electron chi connectivity index (χ3n) is 4.89. The SMILES string of the molecule is O=C(NS(=O)(=O)CCOCc1ccccc1)c1ccc(Br)cc1OC1CCCCC1. The number of amides is 1. The van der Waals surface area contributed by atoms with Crippen LogP contribution in [0.2, 0.25) is 0 Å². The second kappa shape index (κ2) is 10.9. The van der Waals surface area contributed by atoms with Crippen molar-refractivity contribution >= 4 is 31.9 Å². The standard InChI is InChI=1S/C22H26BrNO5S/c23-18-11-12-20(21(15-18)29-19-9-5-2-6-10-19)22(25)24-30(26,27)14-13-28-16-17-7-3-1-4-8-17/h1,3-4,7-8,11-12,15,19H,2,5-6,9-10,13-14,16H2,(H,24,25). The molecule has 1 saturated carbocycles. The number of ether oxygens (including phenoxy) is 2. The Morgan fingerprint density at radius 3 is 2.53 bits per heavy atom. The maximum Gasteiger partial charge on any atom is 0.268 e. The summed E-state index contributed by atoms with van der Waals surface area (Å²) in [6.07, 6.45) is 5.29. The van der Waals surface area contributed by atoms with Crippen LogP contribution in [0.5, 0.6) is 5.75 Å². The molecule has 0 unspecified atom stereocenters. The van der Waals surface area contributed by atoms with Crippen molar-refractivity contribution < 1.29 is 22.7 Å². The lowest BCUT2D eigenvalue weighted by molar-refractivity contribution is 0.0968. The van der Waals surface area contributed by atoms with Crippen LogP contribution in [0.1, 0.15) is 48.0 Å². The molecule has 2 aromatic rings. The molecular formula is C22H26BrNO5S. The van der Waals surface area contributed by atoms with Gasteiger partial charge >= 0.3 is 0 Å². The smallest absolute Gasteiger partial charge is 0.268 e. The number of carbonyl (C=O) groups excluding carboxylic acids is 1. The van der Waals surface area contributed by atoms with E-state index >= 15 is 0 Å². The Morgan fingerprint density at radius 1 is 1.07 bits per heavy atom. The molecule has 3 rings (SSSR count). The summed E-state index contributed by atoms with van der Waals surface area (Å²) in [4.78, 5) is 12.7. The second-order valence-electron chi connectivity index (χ2n) is 7.31. The second-order valence-corrected chi connectivity index (χ2v) is 10.1. The van der Waals surface area contributed by atoms with E-state index in [9.17, 15) is 13.2 Å². The minimum absolute atomic E-state index is 0.0106. The Hall–Kier alpha value is -1.90. The normalized spacial score (nSPS) is 15.0. The van der Waals surface area contributed by atoms with Crippen molar-refractivity contribution in [1.29, 1.82) is 0 Å². The number of halogens is 1. The maximum absolute atomic E-state index is 12.7. The molecule has 0 atom stereocenters. The number of hydrogen-bond donors (Lipinski definition) is 1. The van der Waals surface area contributed by atoms with Crippen molar-refractivity contribution in [3.8, 4) is 5.75 Å². The first-order valence-corrected chi connectivity index (χ1v) is 12.5. The Kier molecular flexibility index (Phi) is 8.30. The summed E-state index contributed by atoms with van der Waals surface area (Å²) in [5.74, 6) is -0.610. The third kappa shape index (κ3) is 7.11. The highest BCUT2D eigenvalue weighted by Gasteiger charge is 2.22. The van der Waals surface area contributed by atoms with E-state index in [1.807, 2.05) is 30.3 Å². The van der Waals surface area contributed by atoms with Crippen molar-refractivity contribution in [3.05, 3.63) is 64.1 Å². The van der Waals surface area contributed by atoms with Gasteiger partial charge in [0.05, 0.1) is 30.6 Å². The molecular weight excluding hydrogens is 470 g/mol. The van der Waals surface area contributed by atoms with Gasteiger partial charge in [0.2, 0.25) is 10.0 Å². The van der Waals surface area contributed by atoms with E-state index in [0.29, 0.717) is 12.4 Å². The van der Waals surface area contributed by atoms with Crippen molar-refractivity contribution in [3.63, 3.8) is 0 Å². The third-order valence-corrected chi connectivity index (χ3v) is 6.58. The highest BCUT2D eigenvalue weighted by Crippen LogP contribution is 2.29. The Balaban J connectivity index is 1.57. The Morgan fingerprint density at radius 2 is 1.80 bits per heavy atom. The molecule has 162 valence electrons. The molecule has 1 aliphatic rings. The van der Waals surface area contributed by atoms with Crippen molar-refractivity contribution in [1.82, 2.24) is 4.72 Å². The van der Waals surface area contributed by atoms with Crippen LogP contribution in [-0.4, -0.2) is 32.8 Å². The minimum atomic E-state index is -3.84. The molecule has 0 spiro atoms. The van der Waals surface area contributed by atoms with Crippen LogP contribution in [0.4, 0.5) is 0 Å². The summed E-state index contributed by atoms with van der Waals surface area (Å²) in [6, 6.07) is 14.4. The van der Waals surface area contributed by atoms with Crippen LogP contribution in [0.3, 0.4) is 0 Å². The van der Waals surface area contributed by atoms with E-state index in [-0.39, 0.29) is 24.0 Å². The molecule has 0 radical (unpaired) electrons. The van der Waals surface area contributed by atoms with E-state index < -0.39 is 15.9 Å². The topological polar surface area (TPSA) is 81.7 Å². The van der Waals surface area contributed by atoms with Gasteiger partial charge in [-0.15, -0.1) is 0 Å². The average Bonchev–Trinajstić information content (AvgIpc) is 2.72. The highest BCUT2D eigenvalue weighted by atomic mass is 79.9. The summed E-state index contributed by atoms with van der Waals surface area (Å²) in [7, 11) is -3.84. The lowest BCUT2D eigenvalue weighted by Crippen LogP contribution is -2.34. The molecule has 0 aromatic heterocycles. The predicted molar refractivity (Wildman–Crippen MR) is 119 cm³/mol. The van der Waals surface area contributed by atoms with E-state index in [1.165, 1.54) is 6.42 Å². The highest BCUT2D eigenvalue weighted by molar-refractivity contribution is 9.10. The van der Waals surface area contributed by atoms with E-state index in [2.05, 4.69) is 20.7 Å². The maximum atomic E-state index is 12.7. The monoisotopic (exact) mass is 495 g/mol. The number of hydrogen-bond acceptors (Lipinski definition) is 5. The van der Waals surface area contributed by atoms with Gasteiger partial charge in [0.25, 0.3) is 5.91 Å². The van der Waals surface area contributed by atoms with Crippen molar-refractivity contribution in [2.24, 2.45) is 0 Å². The molecule has 2 aromatic carbocycles. The first-order chi connectivity index (χ1) is 14.4. The first kappa shape index (κ1) is 22.8. The molecule has 0 heterocycles. The zero-order chi connectivity index (χ0) is 21.4. The molecule has 1 N–H and O–H groups in total. The molecule has 0 bridgehead atoms. The van der Waals surface area contributed by atoms with Gasteiger partial charge in [-0.05, 0) is 49.4 Å². The predicted octanol–water partition coefficient (Wildman–Crippen LogP) is 4.44. The number of benzene rings is 2. The van der Waals surface area contributed by atoms with Crippen molar-refractivity contribution in [2.75, 3.05) is 12.4 Å². The molecule has 0 saturated heterocycles. The first-order valence-electron chi connectivity index (χ1n) is 10.1. The number of sulfonamides is 1. The van der Waals surface area contributed by atoms with Crippen LogP contribution in [0.25, 0.3) is 0 Å². The van der Waals surface area contributed by atoms with E-state index in [0.717, 1.165) is 35.7 Å². The molecule has 6 nitrogen and oxygen atoms in total. The zero-order valence-electron chi connectivity index (χ0n) is 16.7. The van der Waals surface area contributed by atoms with E-state index in [1.54, 1.807) is 18.2 Å².